The Morgan fingerprint density at radius 2 is 1.68 bits per heavy atom. The SMILES string of the molecule is CN(C(=O)COc1ccc(-c2ccccc2)cc1)C1CCC(n2cc(CS(C)(=O)=O)nn2)CC1. The summed E-state index contributed by atoms with van der Waals surface area (Å²) in [4.78, 5) is 14.5. The van der Waals surface area contributed by atoms with Crippen LogP contribution < -0.4 is 4.74 Å². The number of carbonyl (C=O) groups excluding carboxylic acids is 1. The summed E-state index contributed by atoms with van der Waals surface area (Å²) in [6, 6.07) is 18.2. The van der Waals surface area contributed by atoms with Gasteiger partial charge in [-0.25, -0.2) is 13.1 Å². The van der Waals surface area contributed by atoms with Gasteiger partial charge in [0, 0.05) is 25.5 Å². The maximum atomic E-state index is 12.7. The normalized spacial score (nSPS) is 18.4. The molecule has 1 amide bonds. The van der Waals surface area contributed by atoms with E-state index in [4.69, 9.17) is 4.74 Å². The van der Waals surface area contributed by atoms with Crippen molar-refractivity contribution < 1.29 is 17.9 Å². The molecule has 9 heteroatoms. The maximum absolute atomic E-state index is 12.7. The van der Waals surface area contributed by atoms with E-state index in [0.717, 1.165) is 36.8 Å². The second-order valence-electron chi connectivity index (χ2n) is 8.91. The highest BCUT2D eigenvalue weighted by Crippen LogP contribution is 2.30. The quantitative estimate of drug-likeness (QED) is 0.488. The Hall–Kier alpha value is -3.20. The zero-order chi connectivity index (χ0) is 24.1. The van der Waals surface area contributed by atoms with Crippen molar-refractivity contribution in [2.24, 2.45) is 0 Å². The van der Waals surface area contributed by atoms with Crippen LogP contribution in [0.25, 0.3) is 11.1 Å². The molecule has 1 aromatic heterocycles. The average Bonchev–Trinajstić information content (AvgIpc) is 3.30. The van der Waals surface area contributed by atoms with Crippen LogP contribution in [0.5, 0.6) is 5.75 Å². The molecule has 8 nitrogen and oxygen atoms in total. The fourth-order valence-corrected chi connectivity index (χ4v) is 5.03. The summed E-state index contributed by atoms with van der Waals surface area (Å²) in [7, 11) is -1.31. The molecule has 0 unspecified atom stereocenters. The number of benzene rings is 2. The molecule has 0 atom stereocenters. The van der Waals surface area contributed by atoms with Crippen LogP contribution in [-0.4, -0.2) is 60.2 Å². The van der Waals surface area contributed by atoms with Crippen molar-refractivity contribution in [1.29, 1.82) is 0 Å². The molecule has 0 N–H and O–H groups in total. The smallest absolute Gasteiger partial charge is 0.260 e. The van der Waals surface area contributed by atoms with Gasteiger partial charge in [0.2, 0.25) is 0 Å². The minimum Gasteiger partial charge on any atom is -0.484 e. The van der Waals surface area contributed by atoms with Crippen molar-refractivity contribution in [2.75, 3.05) is 19.9 Å². The van der Waals surface area contributed by atoms with E-state index in [9.17, 15) is 13.2 Å². The van der Waals surface area contributed by atoms with Gasteiger partial charge in [-0.05, 0) is 48.9 Å². The molecule has 1 aliphatic rings. The first-order chi connectivity index (χ1) is 16.3. The predicted molar refractivity (Wildman–Crippen MR) is 130 cm³/mol. The van der Waals surface area contributed by atoms with Crippen molar-refractivity contribution in [3.63, 3.8) is 0 Å². The Balaban J connectivity index is 1.25. The lowest BCUT2D eigenvalue weighted by Gasteiger charge is -2.34. The van der Waals surface area contributed by atoms with Gasteiger partial charge in [-0.2, -0.15) is 0 Å². The number of rotatable bonds is 8. The molecule has 1 fully saturated rings. The molecule has 1 aliphatic carbocycles. The van der Waals surface area contributed by atoms with E-state index in [1.165, 1.54) is 6.26 Å². The Bertz CT molecular complexity index is 1200. The summed E-state index contributed by atoms with van der Waals surface area (Å²) >= 11 is 0. The zero-order valence-electron chi connectivity index (χ0n) is 19.5. The monoisotopic (exact) mass is 482 g/mol. The first-order valence-corrected chi connectivity index (χ1v) is 13.5. The largest absolute Gasteiger partial charge is 0.484 e. The molecule has 34 heavy (non-hydrogen) atoms. The molecule has 1 heterocycles. The molecular weight excluding hydrogens is 452 g/mol. The Morgan fingerprint density at radius 1 is 1.03 bits per heavy atom. The summed E-state index contributed by atoms with van der Waals surface area (Å²) in [5.74, 6) is 0.516. The van der Waals surface area contributed by atoms with Crippen LogP contribution in [0.4, 0.5) is 0 Å². The third-order valence-electron chi connectivity index (χ3n) is 6.27. The fraction of sp³-hybridized carbons (Fsp3) is 0.400. The number of ether oxygens (including phenoxy) is 1. The van der Waals surface area contributed by atoms with Crippen LogP contribution in [-0.2, 0) is 20.4 Å². The minimum absolute atomic E-state index is 0.000952. The van der Waals surface area contributed by atoms with E-state index < -0.39 is 9.84 Å². The summed E-state index contributed by atoms with van der Waals surface area (Å²) in [5, 5.41) is 8.11. The number of amides is 1. The molecule has 0 radical (unpaired) electrons. The molecule has 4 rings (SSSR count). The van der Waals surface area contributed by atoms with Crippen LogP contribution in [0.1, 0.15) is 37.4 Å². The van der Waals surface area contributed by atoms with Crippen molar-refractivity contribution in [3.05, 3.63) is 66.5 Å². The summed E-state index contributed by atoms with van der Waals surface area (Å²) in [5.41, 5.74) is 2.70. The van der Waals surface area contributed by atoms with E-state index in [2.05, 4.69) is 22.4 Å². The van der Waals surface area contributed by atoms with E-state index in [0.29, 0.717) is 11.4 Å². The lowest BCUT2D eigenvalue weighted by Crippen LogP contribution is -2.42. The number of sulfone groups is 1. The highest BCUT2D eigenvalue weighted by Gasteiger charge is 2.28. The lowest BCUT2D eigenvalue weighted by atomic mass is 9.90. The molecule has 1 saturated carbocycles. The summed E-state index contributed by atoms with van der Waals surface area (Å²) in [6.45, 7) is -0.000952. The number of hydrogen-bond donors (Lipinski definition) is 0. The van der Waals surface area contributed by atoms with Gasteiger partial charge in [-0.15, -0.1) is 5.10 Å². The topological polar surface area (TPSA) is 94.4 Å². The van der Waals surface area contributed by atoms with Gasteiger partial charge >= 0.3 is 0 Å². The van der Waals surface area contributed by atoms with Crippen molar-refractivity contribution in [1.82, 2.24) is 19.9 Å². The van der Waals surface area contributed by atoms with E-state index >= 15 is 0 Å². The van der Waals surface area contributed by atoms with E-state index in [-0.39, 0.29) is 30.4 Å². The summed E-state index contributed by atoms with van der Waals surface area (Å²) in [6.07, 6.45) is 6.31. The van der Waals surface area contributed by atoms with Gasteiger partial charge in [0.25, 0.3) is 5.91 Å². The molecule has 0 aliphatic heterocycles. The maximum Gasteiger partial charge on any atom is 0.260 e. The van der Waals surface area contributed by atoms with Gasteiger partial charge in [0.05, 0.1) is 17.5 Å². The van der Waals surface area contributed by atoms with Crippen molar-refractivity contribution >= 4 is 15.7 Å². The van der Waals surface area contributed by atoms with Gasteiger partial charge in [0.15, 0.2) is 16.4 Å². The zero-order valence-corrected chi connectivity index (χ0v) is 20.3. The van der Waals surface area contributed by atoms with Crippen LogP contribution in [0.2, 0.25) is 0 Å². The van der Waals surface area contributed by atoms with Gasteiger partial charge in [-0.1, -0.05) is 47.7 Å². The molecule has 0 bridgehead atoms. The molecule has 0 saturated heterocycles. The van der Waals surface area contributed by atoms with Crippen LogP contribution in [0.15, 0.2) is 60.8 Å². The van der Waals surface area contributed by atoms with Crippen molar-refractivity contribution in [2.45, 2.75) is 43.5 Å². The van der Waals surface area contributed by atoms with Crippen LogP contribution in [0.3, 0.4) is 0 Å². The molecule has 3 aromatic rings. The minimum atomic E-state index is -3.14. The number of likely N-dealkylation sites (N-methyl/N-ethyl adjacent to an activating group) is 1. The average molecular weight is 483 g/mol. The Kier molecular flexibility index (Phi) is 7.31. The molecular formula is C25H30N4O4S. The predicted octanol–water partition coefficient (Wildman–Crippen LogP) is 3.51. The second-order valence-corrected chi connectivity index (χ2v) is 11.0. The standard InChI is InChI=1S/C25H30N4O4S/c1-28(22-10-12-23(13-11-22)29-16-21(26-27-29)18-34(2,31)32)25(30)17-33-24-14-8-20(9-15-24)19-6-4-3-5-7-19/h3-9,14-16,22-23H,10-13,17-18H2,1-2H3. The number of aromatic nitrogens is 3. The number of hydrogen-bond acceptors (Lipinski definition) is 6. The first kappa shape index (κ1) is 23.9. The lowest BCUT2D eigenvalue weighted by molar-refractivity contribution is -0.134. The number of nitrogens with zero attached hydrogens (tertiary/aromatic N) is 4. The van der Waals surface area contributed by atoms with Crippen LogP contribution >= 0.6 is 0 Å². The third kappa shape index (κ3) is 6.22. The van der Waals surface area contributed by atoms with E-state index in [1.54, 1.807) is 15.8 Å². The highest BCUT2D eigenvalue weighted by atomic mass is 32.2. The second kappa shape index (κ2) is 10.4. The fourth-order valence-electron chi connectivity index (χ4n) is 4.36. The van der Waals surface area contributed by atoms with Crippen molar-refractivity contribution in [3.8, 4) is 16.9 Å². The van der Waals surface area contributed by atoms with Crippen LogP contribution in [0, 0.1) is 0 Å². The Labute approximate surface area is 200 Å². The van der Waals surface area contributed by atoms with Gasteiger partial charge < -0.3 is 9.64 Å². The molecule has 0 spiro atoms. The van der Waals surface area contributed by atoms with E-state index in [1.807, 2.05) is 49.5 Å². The summed E-state index contributed by atoms with van der Waals surface area (Å²) < 4.78 is 30.4. The Morgan fingerprint density at radius 3 is 2.32 bits per heavy atom. The molecule has 180 valence electrons. The third-order valence-corrected chi connectivity index (χ3v) is 7.09. The number of carbonyl (C=O) groups is 1. The molecule has 2 aromatic carbocycles. The van der Waals surface area contributed by atoms with Gasteiger partial charge in [-0.3, -0.25) is 4.79 Å². The first-order valence-electron chi connectivity index (χ1n) is 11.4. The highest BCUT2D eigenvalue weighted by molar-refractivity contribution is 7.89. The van der Waals surface area contributed by atoms with Gasteiger partial charge in [0.1, 0.15) is 5.75 Å².